The van der Waals surface area contributed by atoms with Crippen molar-refractivity contribution in [3.63, 3.8) is 0 Å². The molecule has 2 atom stereocenters. The van der Waals surface area contributed by atoms with Crippen LogP contribution in [0.3, 0.4) is 0 Å². The van der Waals surface area contributed by atoms with E-state index in [1.165, 1.54) is 0 Å². The van der Waals surface area contributed by atoms with E-state index in [0.29, 0.717) is 0 Å². The van der Waals surface area contributed by atoms with Gasteiger partial charge in [0.25, 0.3) is 0 Å². The fraction of sp³-hybridized carbons (Fsp3) is 0.818. The van der Waals surface area contributed by atoms with Crippen LogP contribution in [0.1, 0.15) is 41.0 Å². The molecule has 1 amide bonds. The molecule has 2 N–H and O–H groups in total. The number of ether oxygens (including phenoxy) is 1. The van der Waals surface area contributed by atoms with Crippen molar-refractivity contribution in [3.8, 4) is 0 Å². The van der Waals surface area contributed by atoms with Gasteiger partial charge in [0.15, 0.2) is 0 Å². The van der Waals surface area contributed by atoms with E-state index in [1.807, 2.05) is 0 Å². The monoisotopic (exact) mass is 231 g/mol. The molecule has 0 saturated heterocycles. The number of alkyl carbamates (subject to hydrolysis) is 1. The van der Waals surface area contributed by atoms with E-state index in [0.717, 1.165) is 0 Å². The van der Waals surface area contributed by atoms with Crippen molar-refractivity contribution in [2.45, 2.75) is 52.7 Å². The second-order valence-corrected chi connectivity index (χ2v) is 5.01. The van der Waals surface area contributed by atoms with Crippen LogP contribution in [0, 0.1) is 5.92 Å². The van der Waals surface area contributed by atoms with Gasteiger partial charge in [-0.15, -0.1) is 0 Å². The number of rotatable bonds is 4. The molecule has 0 aromatic heterocycles. The molecule has 0 aliphatic rings. The molecular formula is C11H21NO4. The third-order valence-corrected chi connectivity index (χ3v) is 2.09. The minimum Gasteiger partial charge on any atom is -0.481 e. The number of amides is 1. The number of nitrogens with one attached hydrogen (secondary N) is 1. The molecule has 16 heavy (non-hydrogen) atoms. The quantitative estimate of drug-likeness (QED) is 0.776. The minimum atomic E-state index is -0.870. The molecule has 0 bridgehead atoms. The third-order valence-electron chi connectivity index (χ3n) is 2.09. The molecule has 0 spiro atoms. The second-order valence-electron chi connectivity index (χ2n) is 5.01. The van der Waals surface area contributed by atoms with E-state index in [1.54, 1.807) is 34.6 Å². The normalized spacial score (nSPS) is 15.1. The Morgan fingerprint density at radius 2 is 1.81 bits per heavy atom. The van der Waals surface area contributed by atoms with Crippen molar-refractivity contribution in [3.05, 3.63) is 0 Å². The van der Waals surface area contributed by atoms with Crippen molar-refractivity contribution in [1.82, 2.24) is 5.32 Å². The summed E-state index contributed by atoms with van der Waals surface area (Å²) in [5, 5.41) is 11.2. The number of hydrogen-bond donors (Lipinski definition) is 2. The first-order valence-electron chi connectivity index (χ1n) is 5.33. The Labute approximate surface area is 96.2 Å². The fourth-order valence-electron chi connectivity index (χ4n) is 1.09. The lowest BCUT2D eigenvalue weighted by Crippen LogP contribution is -2.41. The van der Waals surface area contributed by atoms with Crippen molar-refractivity contribution in [1.29, 1.82) is 0 Å². The maximum absolute atomic E-state index is 11.4. The molecular weight excluding hydrogens is 210 g/mol. The van der Waals surface area contributed by atoms with Gasteiger partial charge in [-0.25, -0.2) is 4.79 Å². The van der Waals surface area contributed by atoms with Gasteiger partial charge >= 0.3 is 12.1 Å². The Morgan fingerprint density at radius 1 is 1.31 bits per heavy atom. The number of carbonyl (C=O) groups excluding carboxylic acids is 1. The maximum atomic E-state index is 11.4. The van der Waals surface area contributed by atoms with E-state index in [2.05, 4.69) is 5.32 Å². The van der Waals surface area contributed by atoms with Crippen LogP contribution in [0.4, 0.5) is 4.79 Å². The smallest absolute Gasteiger partial charge is 0.407 e. The SMILES string of the molecule is C[C@H](CC(=O)O)[C@H](C)NC(=O)OC(C)(C)C. The summed E-state index contributed by atoms with van der Waals surface area (Å²) >= 11 is 0. The number of carboxylic acid groups (broad SMARTS) is 1. The molecule has 0 aliphatic carbocycles. The van der Waals surface area contributed by atoms with Gasteiger partial charge < -0.3 is 15.2 Å². The van der Waals surface area contributed by atoms with Crippen LogP contribution >= 0.6 is 0 Å². The molecule has 0 aromatic rings. The molecule has 0 fully saturated rings. The van der Waals surface area contributed by atoms with Crippen molar-refractivity contribution in [2.24, 2.45) is 5.92 Å². The van der Waals surface area contributed by atoms with Gasteiger partial charge in [-0.1, -0.05) is 6.92 Å². The van der Waals surface area contributed by atoms with Gasteiger partial charge in [-0.05, 0) is 33.6 Å². The lowest BCUT2D eigenvalue weighted by molar-refractivity contribution is -0.138. The third kappa shape index (κ3) is 7.09. The lowest BCUT2D eigenvalue weighted by Gasteiger charge is -2.24. The molecule has 0 aliphatic heterocycles. The molecule has 0 saturated carbocycles. The highest BCUT2D eigenvalue weighted by molar-refractivity contribution is 5.69. The van der Waals surface area contributed by atoms with E-state index < -0.39 is 17.7 Å². The van der Waals surface area contributed by atoms with Crippen LogP contribution in [0.5, 0.6) is 0 Å². The molecule has 5 heteroatoms. The zero-order chi connectivity index (χ0) is 12.9. The molecule has 0 unspecified atom stereocenters. The highest BCUT2D eigenvalue weighted by atomic mass is 16.6. The summed E-state index contributed by atoms with van der Waals surface area (Å²) in [7, 11) is 0. The van der Waals surface area contributed by atoms with Crippen molar-refractivity contribution >= 4 is 12.1 Å². The summed E-state index contributed by atoms with van der Waals surface area (Å²) in [6, 6.07) is -0.231. The summed E-state index contributed by atoms with van der Waals surface area (Å²) in [4.78, 5) is 21.9. The summed E-state index contributed by atoms with van der Waals surface area (Å²) in [6.07, 6.45) is -0.492. The molecule has 94 valence electrons. The van der Waals surface area contributed by atoms with Crippen LogP contribution in [-0.2, 0) is 9.53 Å². The highest BCUT2D eigenvalue weighted by Crippen LogP contribution is 2.10. The van der Waals surface area contributed by atoms with Gasteiger partial charge in [0.2, 0.25) is 0 Å². The minimum absolute atomic E-state index is 0.0248. The van der Waals surface area contributed by atoms with E-state index in [4.69, 9.17) is 9.84 Å². The summed E-state index contributed by atoms with van der Waals surface area (Å²) in [6.45, 7) is 8.86. The molecule has 0 heterocycles. The number of carbonyl (C=O) groups is 2. The Morgan fingerprint density at radius 3 is 2.19 bits per heavy atom. The zero-order valence-electron chi connectivity index (χ0n) is 10.5. The van der Waals surface area contributed by atoms with Gasteiger partial charge in [0, 0.05) is 12.5 Å². The van der Waals surface area contributed by atoms with Gasteiger partial charge in [-0.3, -0.25) is 4.79 Å². The number of carboxylic acids is 1. The number of hydrogen-bond acceptors (Lipinski definition) is 3. The van der Waals surface area contributed by atoms with Crippen LogP contribution in [0.2, 0.25) is 0 Å². The first-order valence-corrected chi connectivity index (χ1v) is 5.33. The summed E-state index contributed by atoms with van der Waals surface area (Å²) in [5.41, 5.74) is -0.542. The van der Waals surface area contributed by atoms with E-state index in [9.17, 15) is 9.59 Å². The average Bonchev–Trinajstić information content (AvgIpc) is 1.98. The Bertz CT molecular complexity index is 257. The van der Waals surface area contributed by atoms with Crippen LogP contribution < -0.4 is 5.32 Å². The zero-order valence-corrected chi connectivity index (χ0v) is 10.5. The van der Waals surface area contributed by atoms with E-state index >= 15 is 0 Å². The van der Waals surface area contributed by atoms with Crippen molar-refractivity contribution < 1.29 is 19.4 Å². The Balaban J connectivity index is 4.09. The van der Waals surface area contributed by atoms with E-state index in [-0.39, 0.29) is 18.4 Å². The van der Waals surface area contributed by atoms with Gasteiger partial charge in [-0.2, -0.15) is 0 Å². The van der Waals surface area contributed by atoms with Crippen LogP contribution in [-0.4, -0.2) is 28.8 Å². The topological polar surface area (TPSA) is 75.6 Å². The maximum Gasteiger partial charge on any atom is 0.407 e. The first-order chi connectivity index (χ1) is 7.11. The first kappa shape index (κ1) is 14.7. The second kappa shape index (κ2) is 5.72. The molecule has 0 rings (SSSR count). The molecule has 0 aromatic carbocycles. The Kier molecular flexibility index (Phi) is 5.27. The Hall–Kier alpha value is -1.26. The lowest BCUT2D eigenvalue weighted by atomic mass is 10.0. The highest BCUT2D eigenvalue weighted by Gasteiger charge is 2.21. The molecule has 5 nitrogen and oxygen atoms in total. The standard InChI is InChI=1S/C11H21NO4/c1-7(6-9(13)14)8(2)12-10(15)16-11(3,4)5/h7-8H,6H2,1-5H3,(H,12,15)(H,13,14)/t7-,8+/m1/s1. The average molecular weight is 231 g/mol. The fourth-order valence-corrected chi connectivity index (χ4v) is 1.09. The predicted octanol–water partition coefficient (Wildman–Crippen LogP) is 2.01. The van der Waals surface area contributed by atoms with Crippen LogP contribution in [0.25, 0.3) is 0 Å². The summed E-state index contributed by atoms with van der Waals surface area (Å²) in [5.74, 6) is -1.00. The van der Waals surface area contributed by atoms with Crippen molar-refractivity contribution in [2.75, 3.05) is 0 Å². The van der Waals surface area contributed by atoms with Gasteiger partial charge in [0.1, 0.15) is 5.60 Å². The molecule has 0 radical (unpaired) electrons. The predicted molar refractivity (Wildman–Crippen MR) is 60.2 cm³/mol. The van der Waals surface area contributed by atoms with Gasteiger partial charge in [0.05, 0.1) is 0 Å². The largest absolute Gasteiger partial charge is 0.481 e. The summed E-state index contributed by atoms with van der Waals surface area (Å²) < 4.78 is 5.07. The van der Waals surface area contributed by atoms with Crippen LogP contribution in [0.15, 0.2) is 0 Å². The number of aliphatic carboxylic acids is 1.